The van der Waals surface area contributed by atoms with Gasteiger partial charge in [-0.1, -0.05) is 13.0 Å². The summed E-state index contributed by atoms with van der Waals surface area (Å²) in [4.78, 5) is 6.37. The first-order chi connectivity index (χ1) is 10.8. The van der Waals surface area contributed by atoms with Gasteiger partial charge in [0.2, 0.25) is 0 Å². The van der Waals surface area contributed by atoms with Crippen LogP contribution in [0.4, 0.5) is 0 Å². The standard InChI is InChI=1S/C19H28N2S/c1-3-7-21-11-13(12-22-2)8-16-15-5-4-6-17-19(15)14(10-20-17)9-18(16)21/h4,6,10,13,15-16,18,20H,3,5,7-9,11-12H2,1-2H3/t13-,15?,16-,18-/m1/s1. The number of hydrogen-bond donors (Lipinski definition) is 1. The monoisotopic (exact) mass is 316 g/mol. The van der Waals surface area contributed by atoms with E-state index in [0.29, 0.717) is 0 Å². The van der Waals surface area contributed by atoms with E-state index in [1.807, 2.05) is 11.8 Å². The number of aromatic amines is 1. The van der Waals surface area contributed by atoms with E-state index >= 15 is 0 Å². The number of piperidine rings is 1. The third-order valence-electron chi connectivity index (χ3n) is 6.00. The first-order valence-electron chi connectivity index (χ1n) is 8.91. The second-order valence-electron chi connectivity index (χ2n) is 7.37. The molecule has 0 bridgehead atoms. The zero-order valence-electron chi connectivity index (χ0n) is 13.8. The van der Waals surface area contributed by atoms with E-state index in [2.05, 4.69) is 41.4 Å². The molecular formula is C19H28N2S. The van der Waals surface area contributed by atoms with E-state index in [-0.39, 0.29) is 0 Å². The molecule has 4 rings (SSSR count). The predicted octanol–water partition coefficient (Wildman–Crippen LogP) is 4.15. The molecule has 0 saturated carbocycles. The zero-order chi connectivity index (χ0) is 15.1. The number of rotatable bonds is 4. The van der Waals surface area contributed by atoms with E-state index in [0.717, 1.165) is 23.8 Å². The lowest BCUT2D eigenvalue weighted by atomic mass is 9.65. The molecule has 3 aliphatic rings. The van der Waals surface area contributed by atoms with Crippen LogP contribution in [0.3, 0.4) is 0 Å². The number of aromatic nitrogens is 1. The Hall–Kier alpha value is -0.670. The number of likely N-dealkylation sites (tertiary alicyclic amines) is 1. The molecule has 2 aliphatic carbocycles. The van der Waals surface area contributed by atoms with Crippen molar-refractivity contribution < 1.29 is 0 Å². The fourth-order valence-electron chi connectivity index (χ4n) is 5.27. The lowest BCUT2D eigenvalue weighted by molar-refractivity contribution is 0.0417. The molecule has 1 N–H and O–H groups in total. The molecule has 3 heteroatoms. The predicted molar refractivity (Wildman–Crippen MR) is 96.5 cm³/mol. The first kappa shape index (κ1) is 14.9. The van der Waals surface area contributed by atoms with Crippen molar-refractivity contribution in [1.82, 2.24) is 9.88 Å². The van der Waals surface area contributed by atoms with Crippen LogP contribution >= 0.6 is 11.8 Å². The summed E-state index contributed by atoms with van der Waals surface area (Å²) >= 11 is 2.03. The van der Waals surface area contributed by atoms with Gasteiger partial charge in [0.15, 0.2) is 0 Å². The lowest BCUT2D eigenvalue weighted by Crippen LogP contribution is -2.54. The second kappa shape index (κ2) is 6.09. The highest BCUT2D eigenvalue weighted by atomic mass is 32.2. The summed E-state index contributed by atoms with van der Waals surface area (Å²) in [6, 6.07) is 0.783. The van der Waals surface area contributed by atoms with Crippen LogP contribution in [-0.4, -0.2) is 41.0 Å². The molecular weight excluding hydrogens is 288 g/mol. The van der Waals surface area contributed by atoms with Gasteiger partial charge in [-0.15, -0.1) is 0 Å². The molecule has 0 radical (unpaired) electrons. The van der Waals surface area contributed by atoms with E-state index in [4.69, 9.17) is 0 Å². The van der Waals surface area contributed by atoms with Crippen LogP contribution in [0.5, 0.6) is 0 Å². The van der Waals surface area contributed by atoms with Gasteiger partial charge in [0.05, 0.1) is 0 Å². The molecule has 1 aromatic heterocycles. The number of H-pyrrole nitrogens is 1. The van der Waals surface area contributed by atoms with Crippen molar-refractivity contribution >= 4 is 17.8 Å². The molecule has 2 nitrogen and oxygen atoms in total. The number of fused-ring (bicyclic) bond motifs is 2. The van der Waals surface area contributed by atoms with Gasteiger partial charge in [-0.05, 0) is 79.2 Å². The second-order valence-corrected chi connectivity index (χ2v) is 8.28. The minimum Gasteiger partial charge on any atom is -0.361 e. The number of hydrogen-bond acceptors (Lipinski definition) is 2. The van der Waals surface area contributed by atoms with Gasteiger partial charge in [0, 0.05) is 24.5 Å². The van der Waals surface area contributed by atoms with Gasteiger partial charge in [-0.3, -0.25) is 4.90 Å². The van der Waals surface area contributed by atoms with E-state index in [1.54, 1.807) is 11.1 Å². The highest BCUT2D eigenvalue weighted by Crippen LogP contribution is 2.49. The summed E-state index contributed by atoms with van der Waals surface area (Å²) in [6.07, 6.45) is 14.5. The molecule has 0 spiro atoms. The van der Waals surface area contributed by atoms with Gasteiger partial charge in [0.25, 0.3) is 0 Å². The van der Waals surface area contributed by atoms with E-state index < -0.39 is 0 Å². The average Bonchev–Trinajstić information content (AvgIpc) is 2.94. The van der Waals surface area contributed by atoms with Crippen LogP contribution in [0, 0.1) is 11.8 Å². The van der Waals surface area contributed by atoms with Crippen LogP contribution in [-0.2, 0) is 6.42 Å². The maximum atomic E-state index is 3.53. The summed E-state index contributed by atoms with van der Waals surface area (Å²) in [7, 11) is 0. The molecule has 1 fully saturated rings. The Morgan fingerprint density at radius 1 is 1.41 bits per heavy atom. The fourth-order valence-corrected chi connectivity index (χ4v) is 5.98. The van der Waals surface area contributed by atoms with Crippen molar-refractivity contribution in [2.75, 3.05) is 25.1 Å². The molecule has 1 aliphatic heterocycles. The SMILES string of the molecule is CCCN1C[C@H](CSC)C[C@@H]2C3CC=Cc4[nH]cc(c43)C[C@H]21. The van der Waals surface area contributed by atoms with Gasteiger partial charge < -0.3 is 4.98 Å². The highest BCUT2D eigenvalue weighted by Gasteiger charge is 2.45. The van der Waals surface area contributed by atoms with Crippen molar-refractivity contribution in [2.24, 2.45) is 11.8 Å². The molecule has 2 heterocycles. The summed E-state index contributed by atoms with van der Waals surface area (Å²) in [5, 5.41) is 0. The topological polar surface area (TPSA) is 19.0 Å². The molecule has 4 atom stereocenters. The van der Waals surface area contributed by atoms with Gasteiger partial charge >= 0.3 is 0 Å². The number of nitrogens with zero attached hydrogens (tertiary/aromatic N) is 1. The van der Waals surface area contributed by atoms with Crippen LogP contribution in [0.2, 0.25) is 0 Å². The Labute approximate surface area is 138 Å². The maximum absolute atomic E-state index is 3.53. The summed E-state index contributed by atoms with van der Waals surface area (Å²) in [5.41, 5.74) is 4.68. The quantitative estimate of drug-likeness (QED) is 0.900. The minimum atomic E-state index is 0.768. The fraction of sp³-hybridized carbons (Fsp3) is 0.684. The Morgan fingerprint density at radius 2 is 2.32 bits per heavy atom. The average molecular weight is 317 g/mol. The van der Waals surface area contributed by atoms with Crippen molar-refractivity contribution in [3.63, 3.8) is 0 Å². The maximum Gasteiger partial charge on any atom is 0.0415 e. The normalized spacial score (nSPS) is 33.5. The minimum absolute atomic E-state index is 0.768. The Morgan fingerprint density at radius 3 is 3.14 bits per heavy atom. The largest absolute Gasteiger partial charge is 0.361 e. The van der Waals surface area contributed by atoms with Gasteiger partial charge in [-0.2, -0.15) is 11.8 Å². The molecule has 1 unspecified atom stereocenters. The number of thioether (sulfide) groups is 1. The Balaban J connectivity index is 1.67. The third kappa shape index (κ3) is 2.37. The van der Waals surface area contributed by atoms with Crippen molar-refractivity contribution in [3.05, 3.63) is 29.1 Å². The zero-order valence-corrected chi connectivity index (χ0v) is 14.7. The third-order valence-corrected chi connectivity index (χ3v) is 6.81. The lowest BCUT2D eigenvalue weighted by Gasteiger charge is -2.50. The van der Waals surface area contributed by atoms with Crippen LogP contribution in [0.25, 0.3) is 6.08 Å². The molecule has 22 heavy (non-hydrogen) atoms. The molecule has 0 aromatic carbocycles. The molecule has 1 saturated heterocycles. The highest BCUT2D eigenvalue weighted by molar-refractivity contribution is 7.98. The first-order valence-corrected chi connectivity index (χ1v) is 10.3. The number of allylic oxidation sites excluding steroid dienone is 1. The molecule has 1 aromatic rings. The van der Waals surface area contributed by atoms with Gasteiger partial charge in [0.1, 0.15) is 0 Å². The van der Waals surface area contributed by atoms with Crippen LogP contribution in [0.15, 0.2) is 12.3 Å². The van der Waals surface area contributed by atoms with Gasteiger partial charge in [-0.25, -0.2) is 0 Å². The summed E-state index contributed by atoms with van der Waals surface area (Å²) < 4.78 is 0. The smallest absolute Gasteiger partial charge is 0.0415 e. The molecule has 0 amide bonds. The van der Waals surface area contributed by atoms with E-state index in [1.165, 1.54) is 50.2 Å². The number of nitrogens with one attached hydrogen (secondary N) is 1. The van der Waals surface area contributed by atoms with Crippen molar-refractivity contribution in [3.8, 4) is 0 Å². The summed E-state index contributed by atoms with van der Waals surface area (Å²) in [5.74, 6) is 3.85. The van der Waals surface area contributed by atoms with Crippen LogP contribution in [0.1, 0.15) is 48.9 Å². The van der Waals surface area contributed by atoms with Crippen LogP contribution < -0.4 is 0 Å². The van der Waals surface area contributed by atoms with Crippen molar-refractivity contribution in [2.45, 2.75) is 44.6 Å². The van der Waals surface area contributed by atoms with E-state index in [9.17, 15) is 0 Å². The summed E-state index contributed by atoms with van der Waals surface area (Å²) in [6.45, 7) is 4.94. The Bertz CT molecular complexity index is 562. The molecule has 120 valence electrons. The van der Waals surface area contributed by atoms with Crippen molar-refractivity contribution in [1.29, 1.82) is 0 Å². The Kier molecular flexibility index (Phi) is 4.12.